The zero-order valence-electron chi connectivity index (χ0n) is 10.8. The Hall–Kier alpha value is -1.81. The molecule has 4 nitrogen and oxygen atoms in total. The molecule has 2 aromatic rings. The molecule has 0 radical (unpaired) electrons. The number of rotatable bonds is 2. The fourth-order valence-corrected chi connectivity index (χ4v) is 2.80. The van der Waals surface area contributed by atoms with Gasteiger partial charge in [0, 0.05) is 31.3 Å². The lowest BCUT2D eigenvalue weighted by atomic mass is 9.98. The molecule has 0 saturated carbocycles. The van der Waals surface area contributed by atoms with Gasteiger partial charge in [-0.3, -0.25) is 0 Å². The smallest absolute Gasteiger partial charge is 0.136 e. The Balaban J connectivity index is 2.02. The van der Waals surface area contributed by atoms with Crippen LogP contribution in [0.1, 0.15) is 12.8 Å². The first-order valence-electron chi connectivity index (χ1n) is 6.71. The first kappa shape index (κ1) is 12.2. The van der Waals surface area contributed by atoms with Crippen molar-refractivity contribution in [1.82, 2.24) is 4.98 Å². The summed E-state index contributed by atoms with van der Waals surface area (Å²) < 4.78 is 0. The van der Waals surface area contributed by atoms with Crippen molar-refractivity contribution >= 4 is 16.6 Å². The largest absolute Gasteiger partial charge is 0.508 e. The van der Waals surface area contributed by atoms with Gasteiger partial charge in [0.2, 0.25) is 0 Å². The number of hydrogen-bond acceptors (Lipinski definition) is 4. The molecule has 1 aromatic carbocycles. The minimum atomic E-state index is 0.229. The number of nitrogens with zero attached hydrogens (tertiary/aromatic N) is 2. The number of fused-ring (bicyclic) bond motifs is 1. The van der Waals surface area contributed by atoms with E-state index in [0.717, 1.165) is 42.5 Å². The molecule has 1 fully saturated rings. The summed E-state index contributed by atoms with van der Waals surface area (Å²) in [6.07, 6.45) is 3.95. The third-order valence-electron chi connectivity index (χ3n) is 3.81. The minimum absolute atomic E-state index is 0.229. The number of aromatic nitrogens is 1. The molecule has 1 aromatic heterocycles. The highest BCUT2D eigenvalue weighted by Crippen LogP contribution is 2.30. The van der Waals surface area contributed by atoms with Crippen LogP contribution in [0.2, 0.25) is 0 Å². The van der Waals surface area contributed by atoms with E-state index in [2.05, 4.69) is 9.88 Å². The van der Waals surface area contributed by atoms with Crippen molar-refractivity contribution in [2.45, 2.75) is 12.8 Å². The van der Waals surface area contributed by atoms with Crippen LogP contribution in [0.5, 0.6) is 5.75 Å². The number of phenolic OH excluding ortho intramolecular Hbond substituents is 1. The van der Waals surface area contributed by atoms with E-state index >= 15 is 0 Å². The maximum atomic E-state index is 9.66. The second-order valence-corrected chi connectivity index (χ2v) is 5.18. The van der Waals surface area contributed by atoms with E-state index in [4.69, 9.17) is 0 Å². The third-order valence-corrected chi connectivity index (χ3v) is 3.81. The monoisotopic (exact) mass is 258 g/mol. The van der Waals surface area contributed by atoms with E-state index in [1.807, 2.05) is 12.1 Å². The number of aliphatic hydroxyl groups is 1. The van der Waals surface area contributed by atoms with Crippen molar-refractivity contribution in [3.05, 3.63) is 30.5 Å². The van der Waals surface area contributed by atoms with Crippen molar-refractivity contribution in [3.63, 3.8) is 0 Å². The van der Waals surface area contributed by atoms with Gasteiger partial charge in [-0.1, -0.05) is 6.07 Å². The molecule has 0 amide bonds. The van der Waals surface area contributed by atoms with Gasteiger partial charge in [-0.2, -0.15) is 0 Å². The second-order valence-electron chi connectivity index (χ2n) is 5.18. The zero-order valence-corrected chi connectivity index (χ0v) is 10.8. The molecule has 1 unspecified atom stereocenters. The number of aliphatic hydroxyl groups excluding tert-OH is 1. The molecular weight excluding hydrogens is 240 g/mol. The van der Waals surface area contributed by atoms with Crippen LogP contribution in [0.25, 0.3) is 10.8 Å². The van der Waals surface area contributed by atoms with Gasteiger partial charge in [0.25, 0.3) is 0 Å². The average Bonchev–Trinajstić information content (AvgIpc) is 2.46. The molecule has 0 aliphatic carbocycles. The number of piperidine rings is 1. The van der Waals surface area contributed by atoms with Gasteiger partial charge < -0.3 is 15.1 Å². The molecule has 1 aliphatic heterocycles. The zero-order chi connectivity index (χ0) is 13.2. The fraction of sp³-hybridized carbons (Fsp3) is 0.400. The number of aromatic hydroxyl groups is 1. The lowest BCUT2D eigenvalue weighted by Crippen LogP contribution is -2.37. The Bertz CT molecular complexity index is 585. The highest BCUT2D eigenvalue weighted by Gasteiger charge is 2.21. The highest BCUT2D eigenvalue weighted by atomic mass is 16.3. The van der Waals surface area contributed by atoms with Crippen LogP contribution in [0, 0.1) is 5.92 Å². The number of hydrogen-bond donors (Lipinski definition) is 2. The van der Waals surface area contributed by atoms with E-state index < -0.39 is 0 Å². The second kappa shape index (κ2) is 5.05. The highest BCUT2D eigenvalue weighted by molar-refractivity contribution is 5.93. The first-order valence-corrected chi connectivity index (χ1v) is 6.71. The van der Waals surface area contributed by atoms with E-state index in [0.29, 0.717) is 5.92 Å². The molecule has 1 saturated heterocycles. The molecular formula is C15H18N2O2. The maximum absolute atomic E-state index is 9.66. The topological polar surface area (TPSA) is 56.6 Å². The minimum Gasteiger partial charge on any atom is -0.508 e. The summed E-state index contributed by atoms with van der Waals surface area (Å²) in [5.41, 5.74) is 0. The normalized spacial score (nSPS) is 19.8. The summed E-state index contributed by atoms with van der Waals surface area (Å²) in [5, 5.41) is 21.0. The predicted octanol–water partition coefficient (Wildman–Crippen LogP) is 2.15. The summed E-state index contributed by atoms with van der Waals surface area (Å²) in [7, 11) is 0. The number of benzene rings is 1. The molecule has 0 bridgehead atoms. The number of anilines is 1. The van der Waals surface area contributed by atoms with E-state index in [1.54, 1.807) is 18.3 Å². The van der Waals surface area contributed by atoms with Crippen LogP contribution in [0.15, 0.2) is 30.5 Å². The van der Waals surface area contributed by atoms with E-state index in [9.17, 15) is 10.2 Å². The molecule has 1 aliphatic rings. The van der Waals surface area contributed by atoms with Crippen molar-refractivity contribution < 1.29 is 10.2 Å². The Kier molecular flexibility index (Phi) is 3.25. The summed E-state index contributed by atoms with van der Waals surface area (Å²) in [6.45, 7) is 2.02. The molecule has 4 heteroatoms. The van der Waals surface area contributed by atoms with E-state index in [-0.39, 0.29) is 12.4 Å². The van der Waals surface area contributed by atoms with Gasteiger partial charge in [0.05, 0.1) is 0 Å². The molecule has 2 N–H and O–H groups in total. The Labute approximate surface area is 112 Å². The van der Waals surface area contributed by atoms with Gasteiger partial charge in [-0.05, 0) is 42.3 Å². The fourth-order valence-electron chi connectivity index (χ4n) is 2.80. The molecule has 100 valence electrons. The van der Waals surface area contributed by atoms with Gasteiger partial charge >= 0.3 is 0 Å². The van der Waals surface area contributed by atoms with Crippen LogP contribution in [-0.2, 0) is 0 Å². The summed E-state index contributed by atoms with van der Waals surface area (Å²) in [5.74, 6) is 1.49. The number of phenols is 1. The van der Waals surface area contributed by atoms with Crippen LogP contribution < -0.4 is 4.90 Å². The van der Waals surface area contributed by atoms with Gasteiger partial charge in [-0.25, -0.2) is 4.98 Å². The lowest BCUT2D eigenvalue weighted by molar-refractivity contribution is 0.208. The summed E-state index contributed by atoms with van der Waals surface area (Å²) >= 11 is 0. The van der Waals surface area contributed by atoms with Crippen LogP contribution >= 0.6 is 0 Å². The van der Waals surface area contributed by atoms with Crippen LogP contribution in [0.3, 0.4) is 0 Å². The Morgan fingerprint density at radius 1 is 1.32 bits per heavy atom. The van der Waals surface area contributed by atoms with Crippen LogP contribution in [0.4, 0.5) is 5.82 Å². The predicted molar refractivity (Wildman–Crippen MR) is 75.4 cm³/mol. The SMILES string of the molecule is OCC1CCCN(c2nccc3ccc(O)cc23)C1. The molecule has 1 atom stereocenters. The Morgan fingerprint density at radius 3 is 3.05 bits per heavy atom. The molecule has 19 heavy (non-hydrogen) atoms. The molecule has 3 rings (SSSR count). The third kappa shape index (κ3) is 2.36. The van der Waals surface area contributed by atoms with Crippen molar-refractivity contribution in [3.8, 4) is 5.75 Å². The summed E-state index contributed by atoms with van der Waals surface area (Å²) in [4.78, 5) is 6.69. The van der Waals surface area contributed by atoms with Crippen molar-refractivity contribution in [2.24, 2.45) is 5.92 Å². The molecule has 0 spiro atoms. The number of pyridine rings is 1. The van der Waals surface area contributed by atoms with Gasteiger partial charge in [0.15, 0.2) is 0 Å². The van der Waals surface area contributed by atoms with Crippen molar-refractivity contribution in [2.75, 3.05) is 24.6 Å². The summed E-state index contributed by atoms with van der Waals surface area (Å²) in [6, 6.07) is 7.31. The maximum Gasteiger partial charge on any atom is 0.136 e. The van der Waals surface area contributed by atoms with Crippen molar-refractivity contribution in [1.29, 1.82) is 0 Å². The lowest BCUT2D eigenvalue weighted by Gasteiger charge is -2.33. The van der Waals surface area contributed by atoms with Crippen LogP contribution in [-0.4, -0.2) is 34.9 Å². The van der Waals surface area contributed by atoms with Gasteiger partial charge in [0.1, 0.15) is 11.6 Å². The van der Waals surface area contributed by atoms with Gasteiger partial charge in [-0.15, -0.1) is 0 Å². The van der Waals surface area contributed by atoms with E-state index in [1.165, 1.54) is 0 Å². The standard InChI is InChI=1S/C15H18N2O2/c18-10-11-2-1-7-17(9-11)15-14-8-13(19)4-3-12(14)5-6-16-15/h3-6,8,11,18-19H,1-2,7,9-10H2. The quantitative estimate of drug-likeness (QED) is 0.866. The average molecular weight is 258 g/mol. The first-order chi connectivity index (χ1) is 9.28. The Morgan fingerprint density at radius 2 is 2.21 bits per heavy atom. The molecule has 2 heterocycles.